The molecule has 0 heterocycles. The SMILES string of the molecule is COC(=O)c1ccc(O)c(C=CCCO)c1. The zero-order valence-electron chi connectivity index (χ0n) is 9.01. The molecular formula is C12H14O4. The number of phenols is 1. The summed E-state index contributed by atoms with van der Waals surface area (Å²) in [6, 6.07) is 4.46. The van der Waals surface area contributed by atoms with Gasteiger partial charge in [-0.3, -0.25) is 0 Å². The fourth-order valence-electron chi connectivity index (χ4n) is 1.22. The molecule has 16 heavy (non-hydrogen) atoms. The number of ether oxygens (including phenoxy) is 1. The number of rotatable bonds is 4. The quantitative estimate of drug-likeness (QED) is 0.759. The molecule has 0 atom stereocenters. The van der Waals surface area contributed by atoms with E-state index in [9.17, 15) is 9.90 Å². The number of phenolic OH excluding ortho intramolecular Hbond substituents is 1. The van der Waals surface area contributed by atoms with E-state index in [2.05, 4.69) is 4.74 Å². The van der Waals surface area contributed by atoms with Crippen LogP contribution in [0.25, 0.3) is 6.08 Å². The van der Waals surface area contributed by atoms with Crippen molar-refractivity contribution < 1.29 is 19.7 Å². The molecule has 0 fully saturated rings. The number of carbonyl (C=O) groups excluding carboxylic acids is 1. The Hall–Kier alpha value is -1.81. The number of carbonyl (C=O) groups is 1. The molecule has 0 amide bonds. The molecule has 86 valence electrons. The van der Waals surface area contributed by atoms with Crippen LogP contribution in [0.5, 0.6) is 5.75 Å². The van der Waals surface area contributed by atoms with E-state index in [1.165, 1.54) is 25.3 Å². The van der Waals surface area contributed by atoms with Gasteiger partial charge in [-0.1, -0.05) is 12.2 Å². The summed E-state index contributed by atoms with van der Waals surface area (Å²) in [7, 11) is 1.30. The lowest BCUT2D eigenvalue weighted by Gasteiger charge is -2.03. The van der Waals surface area contributed by atoms with Crippen LogP contribution in [0.3, 0.4) is 0 Å². The minimum atomic E-state index is -0.447. The molecule has 0 bridgehead atoms. The van der Waals surface area contributed by atoms with E-state index in [0.29, 0.717) is 17.5 Å². The van der Waals surface area contributed by atoms with Crippen molar-refractivity contribution in [1.82, 2.24) is 0 Å². The summed E-state index contributed by atoms with van der Waals surface area (Å²) in [5.41, 5.74) is 0.903. The lowest BCUT2D eigenvalue weighted by molar-refractivity contribution is 0.0600. The minimum Gasteiger partial charge on any atom is -0.507 e. The van der Waals surface area contributed by atoms with Gasteiger partial charge >= 0.3 is 5.97 Å². The highest BCUT2D eigenvalue weighted by atomic mass is 16.5. The Morgan fingerprint density at radius 3 is 2.88 bits per heavy atom. The Morgan fingerprint density at radius 2 is 2.25 bits per heavy atom. The normalized spacial score (nSPS) is 10.6. The maximum Gasteiger partial charge on any atom is 0.337 e. The maximum atomic E-state index is 11.2. The standard InChI is InChI=1S/C12H14O4/c1-16-12(15)10-5-6-11(14)9(8-10)4-2-3-7-13/h2,4-6,8,13-14H,3,7H2,1H3. The predicted molar refractivity (Wildman–Crippen MR) is 60.2 cm³/mol. The van der Waals surface area contributed by atoms with Crippen molar-refractivity contribution in [2.24, 2.45) is 0 Å². The summed E-state index contributed by atoms with van der Waals surface area (Å²) in [5.74, 6) is -0.362. The van der Waals surface area contributed by atoms with Crippen molar-refractivity contribution in [1.29, 1.82) is 0 Å². The van der Waals surface area contributed by atoms with Crippen LogP contribution in [0.4, 0.5) is 0 Å². The third kappa shape index (κ3) is 3.10. The molecule has 0 aromatic heterocycles. The molecule has 0 aliphatic carbocycles. The molecule has 0 saturated heterocycles. The summed E-state index contributed by atoms with van der Waals surface area (Å²) >= 11 is 0. The van der Waals surface area contributed by atoms with Gasteiger partial charge in [-0.05, 0) is 24.6 Å². The molecule has 0 unspecified atom stereocenters. The van der Waals surface area contributed by atoms with Gasteiger partial charge in [-0.2, -0.15) is 0 Å². The lowest BCUT2D eigenvalue weighted by atomic mass is 10.1. The third-order valence-electron chi connectivity index (χ3n) is 2.04. The van der Waals surface area contributed by atoms with E-state index < -0.39 is 5.97 Å². The molecule has 0 radical (unpaired) electrons. The minimum absolute atomic E-state index is 0.0496. The zero-order chi connectivity index (χ0) is 12.0. The van der Waals surface area contributed by atoms with E-state index in [0.717, 1.165) is 0 Å². The fraction of sp³-hybridized carbons (Fsp3) is 0.250. The molecule has 1 rings (SSSR count). The molecule has 0 spiro atoms. The molecule has 0 saturated carbocycles. The summed E-state index contributed by atoms with van der Waals surface area (Å²) in [6.45, 7) is 0.0496. The van der Waals surface area contributed by atoms with Gasteiger partial charge in [0, 0.05) is 12.2 Å². The van der Waals surface area contributed by atoms with Gasteiger partial charge in [0.05, 0.1) is 12.7 Å². The number of methoxy groups -OCH3 is 1. The van der Waals surface area contributed by atoms with Crippen LogP contribution in [-0.2, 0) is 4.74 Å². The van der Waals surface area contributed by atoms with Crippen LogP contribution < -0.4 is 0 Å². The fourth-order valence-corrected chi connectivity index (χ4v) is 1.22. The molecule has 1 aromatic rings. The number of aliphatic hydroxyl groups is 1. The highest BCUT2D eigenvalue weighted by Gasteiger charge is 2.07. The Bertz CT molecular complexity index is 396. The van der Waals surface area contributed by atoms with Gasteiger partial charge in [0.15, 0.2) is 0 Å². The Kier molecular flexibility index (Phi) is 4.54. The van der Waals surface area contributed by atoms with Crippen LogP contribution >= 0.6 is 0 Å². The van der Waals surface area contributed by atoms with Crippen molar-refractivity contribution in [2.75, 3.05) is 13.7 Å². The second-order valence-electron chi connectivity index (χ2n) is 3.18. The smallest absolute Gasteiger partial charge is 0.337 e. The molecule has 4 nitrogen and oxygen atoms in total. The second kappa shape index (κ2) is 5.92. The van der Waals surface area contributed by atoms with Gasteiger partial charge in [0.25, 0.3) is 0 Å². The molecule has 0 aliphatic heterocycles. The van der Waals surface area contributed by atoms with Gasteiger partial charge < -0.3 is 14.9 Å². The number of esters is 1. The van der Waals surface area contributed by atoms with Crippen molar-refractivity contribution in [2.45, 2.75) is 6.42 Å². The van der Waals surface area contributed by atoms with E-state index in [1.807, 2.05) is 0 Å². The average Bonchev–Trinajstić information content (AvgIpc) is 2.31. The van der Waals surface area contributed by atoms with Crippen molar-refractivity contribution in [3.63, 3.8) is 0 Å². The first-order valence-electron chi connectivity index (χ1n) is 4.87. The Morgan fingerprint density at radius 1 is 1.50 bits per heavy atom. The van der Waals surface area contributed by atoms with E-state index in [4.69, 9.17) is 5.11 Å². The van der Waals surface area contributed by atoms with E-state index >= 15 is 0 Å². The molecular weight excluding hydrogens is 208 g/mol. The number of aliphatic hydroxyl groups excluding tert-OH is 1. The predicted octanol–water partition coefficient (Wildman–Crippen LogP) is 1.57. The van der Waals surface area contributed by atoms with Crippen LogP contribution in [-0.4, -0.2) is 29.9 Å². The number of aromatic hydroxyl groups is 1. The molecule has 1 aromatic carbocycles. The first-order valence-corrected chi connectivity index (χ1v) is 4.87. The van der Waals surface area contributed by atoms with Crippen LogP contribution in [0.2, 0.25) is 0 Å². The Balaban J connectivity index is 2.94. The molecule has 4 heteroatoms. The maximum absolute atomic E-state index is 11.2. The van der Waals surface area contributed by atoms with Crippen molar-refractivity contribution in [3.05, 3.63) is 35.4 Å². The monoisotopic (exact) mass is 222 g/mol. The highest BCUT2D eigenvalue weighted by Crippen LogP contribution is 2.20. The summed E-state index contributed by atoms with van der Waals surface area (Å²) in [4.78, 5) is 11.2. The van der Waals surface area contributed by atoms with Crippen LogP contribution in [0.1, 0.15) is 22.3 Å². The molecule has 2 N–H and O–H groups in total. The third-order valence-corrected chi connectivity index (χ3v) is 2.04. The first kappa shape index (κ1) is 12.3. The van der Waals surface area contributed by atoms with E-state index in [-0.39, 0.29) is 12.4 Å². The average molecular weight is 222 g/mol. The zero-order valence-corrected chi connectivity index (χ0v) is 9.01. The van der Waals surface area contributed by atoms with Crippen LogP contribution in [0.15, 0.2) is 24.3 Å². The van der Waals surface area contributed by atoms with Gasteiger partial charge in [0.2, 0.25) is 0 Å². The van der Waals surface area contributed by atoms with Crippen molar-refractivity contribution >= 4 is 12.0 Å². The number of hydrogen-bond acceptors (Lipinski definition) is 4. The number of benzene rings is 1. The molecule has 0 aliphatic rings. The first-order chi connectivity index (χ1) is 7.69. The van der Waals surface area contributed by atoms with Gasteiger partial charge in [0.1, 0.15) is 5.75 Å². The van der Waals surface area contributed by atoms with Crippen LogP contribution in [0, 0.1) is 0 Å². The van der Waals surface area contributed by atoms with Crippen molar-refractivity contribution in [3.8, 4) is 5.75 Å². The number of hydrogen-bond donors (Lipinski definition) is 2. The second-order valence-corrected chi connectivity index (χ2v) is 3.18. The largest absolute Gasteiger partial charge is 0.507 e. The van der Waals surface area contributed by atoms with E-state index in [1.54, 1.807) is 12.2 Å². The topological polar surface area (TPSA) is 66.8 Å². The summed E-state index contributed by atoms with van der Waals surface area (Å²) < 4.78 is 4.57. The Labute approximate surface area is 93.8 Å². The van der Waals surface area contributed by atoms with Gasteiger partial charge in [-0.25, -0.2) is 4.79 Å². The summed E-state index contributed by atoms with van der Waals surface area (Å²) in [5, 5.41) is 18.1. The highest BCUT2D eigenvalue weighted by molar-refractivity contribution is 5.90. The lowest BCUT2D eigenvalue weighted by Crippen LogP contribution is -2.00. The summed E-state index contributed by atoms with van der Waals surface area (Å²) in [6.07, 6.45) is 3.87. The van der Waals surface area contributed by atoms with Gasteiger partial charge in [-0.15, -0.1) is 0 Å².